The Labute approximate surface area is 247 Å². The van der Waals surface area contributed by atoms with E-state index in [2.05, 4.69) is 43.0 Å². The second-order valence-corrected chi connectivity index (χ2v) is 10.8. The van der Waals surface area contributed by atoms with E-state index in [0.29, 0.717) is 50.0 Å². The highest BCUT2D eigenvalue weighted by molar-refractivity contribution is 6.30. The molecular formula is C34H37ClN2O4. The third kappa shape index (κ3) is 9.35. The maximum absolute atomic E-state index is 11.5. The fourth-order valence-corrected chi connectivity index (χ4v) is 4.80. The Morgan fingerprint density at radius 3 is 2.00 bits per heavy atom. The Bertz CT molecular complexity index is 1460. The SMILES string of the molecule is Cc1cccc(COc2ccccc2CN(CC[C@H](N)C(=O)O)Cc2ccc(Cl)cc2OCc2cccc(C)c2)c1. The van der Waals surface area contributed by atoms with E-state index in [-0.39, 0.29) is 0 Å². The monoisotopic (exact) mass is 572 g/mol. The third-order valence-electron chi connectivity index (χ3n) is 6.82. The number of benzene rings is 4. The topological polar surface area (TPSA) is 85.0 Å². The fraction of sp³-hybridized carbons (Fsp3) is 0.265. The lowest BCUT2D eigenvalue weighted by molar-refractivity contribution is -0.138. The zero-order valence-electron chi connectivity index (χ0n) is 23.6. The number of carboxylic acid groups (broad SMARTS) is 1. The molecule has 6 nitrogen and oxygen atoms in total. The molecule has 4 aromatic carbocycles. The van der Waals surface area contributed by atoms with Crippen LogP contribution in [0.5, 0.6) is 11.5 Å². The standard InChI is InChI=1S/C34H37ClN2O4/c1-24-7-5-9-26(17-24)22-40-32-12-4-3-11-28(32)20-37(16-15-31(36)34(38)39)21-29-13-14-30(35)19-33(29)41-23-27-10-6-8-25(2)18-27/h3-14,17-19,31H,15-16,20-23,36H2,1-2H3,(H,38,39)/t31-/m0/s1. The summed E-state index contributed by atoms with van der Waals surface area (Å²) in [6.45, 7) is 6.50. The first-order valence-electron chi connectivity index (χ1n) is 13.7. The van der Waals surface area contributed by atoms with E-state index in [0.717, 1.165) is 28.0 Å². The van der Waals surface area contributed by atoms with Crippen LogP contribution < -0.4 is 15.2 Å². The average molecular weight is 573 g/mol. The van der Waals surface area contributed by atoms with Gasteiger partial charge < -0.3 is 20.3 Å². The van der Waals surface area contributed by atoms with Gasteiger partial charge in [-0.2, -0.15) is 0 Å². The van der Waals surface area contributed by atoms with Crippen molar-refractivity contribution < 1.29 is 19.4 Å². The van der Waals surface area contributed by atoms with E-state index < -0.39 is 12.0 Å². The number of aliphatic carboxylic acids is 1. The number of hydrogen-bond donors (Lipinski definition) is 2. The Kier molecular flexibility index (Phi) is 10.8. The van der Waals surface area contributed by atoms with Gasteiger partial charge >= 0.3 is 5.97 Å². The number of para-hydroxylation sites is 1. The summed E-state index contributed by atoms with van der Waals surface area (Å²) in [6, 6.07) is 29.0. The van der Waals surface area contributed by atoms with E-state index in [1.165, 1.54) is 11.1 Å². The highest BCUT2D eigenvalue weighted by atomic mass is 35.5. The summed E-state index contributed by atoms with van der Waals surface area (Å²) in [4.78, 5) is 13.6. The molecule has 0 aliphatic carbocycles. The lowest BCUT2D eigenvalue weighted by atomic mass is 10.1. The van der Waals surface area contributed by atoms with Crippen molar-refractivity contribution in [3.8, 4) is 11.5 Å². The maximum Gasteiger partial charge on any atom is 0.320 e. The quantitative estimate of drug-likeness (QED) is 0.171. The second kappa shape index (κ2) is 14.7. The molecule has 4 aromatic rings. The van der Waals surface area contributed by atoms with Crippen LogP contribution in [0.25, 0.3) is 0 Å². The normalized spacial score (nSPS) is 11.8. The number of ether oxygens (including phenoxy) is 2. The lowest BCUT2D eigenvalue weighted by Crippen LogP contribution is -2.35. The van der Waals surface area contributed by atoms with E-state index in [4.69, 9.17) is 26.8 Å². The molecule has 4 rings (SSSR count). The molecular weight excluding hydrogens is 536 g/mol. The largest absolute Gasteiger partial charge is 0.489 e. The first-order valence-corrected chi connectivity index (χ1v) is 14.1. The van der Waals surface area contributed by atoms with Crippen LogP contribution in [0.4, 0.5) is 0 Å². The minimum absolute atomic E-state index is 0.300. The molecule has 0 fully saturated rings. The lowest BCUT2D eigenvalue weighted by Gasteiger charge is -2.26. The molecule has 0 unspecified atom stereocenters. The maximum atomic E-state index is 11.5. The van der Waals surface area contributed by atoms with Gasteiger partial charge in [0.15, 0.2) is 0 Å². The number of nitrogens with two attached hydrogens (primary N) is 1. The number of aryl methyl sites for hydroxylation is 2. The van der Waals surface area contributed by atoms with Gasteiger partial charge in [-0.15, -0.1) is 0 Å². The zero-order chi connectivity index (χ0) is 29.2. The molecule has 0 heterocycles. The molecule has 0 aliphatic heterocycles. The number of hydrogen-bond acceptors (Lipinski definition) is 5. The summed E-state index contributed by atoms with van der Waals surface area (Å²) in [7, 11) is 0. The second-order valence-electron chi connectivity index (χ2n) is 10.4. The first kappa shape index (κ1) is 30.1. The van der Waals surface area contributed by atoms with E-state index in [9.17, 15) is 9.90 Å². The minimum atomic E-state index is -1.01. The van der Waals surface area contributed by atoms with Gasteiger partial charge in [0.05, 0.1) is 0 Å². The van der Waals surface area contributed by atoms with Gasteiger partial charge in [-0.1, -0.05) is 95.5 Å². The molecule has 1 atom stereocenters. The highest BCUT2D eigenvalue weighted by Crippen LogP contribution is 2.28. The van der Waals surface area contributed by atoms with Gasteiger partial charge in [-0.05, 0) is 49.6 Å². The summed E-state index contributed by atoms with van der Waals surface area (Å²) in [5.74, 6) is 0.463. The molecule has 214 valence electrons. The van der Waals surface area contributed by atoms with Crippen molar-refractivity contribution in [2.24, 2.45) is 5.73 Å². The van der Waals surface area contributed by atoms with Gasteiger partial charge in [-0.25, -0.2) is 0 Å². The van der Waals surface area contributed by atoms with Crippen LogP contribution in [-0.4, -0.2) is 28.6 Å². The van der Waals surface area contributed by atoms with Gasteiger partial charge in [0.1, 0.15) is 30.8 Å². The van der Waals surface area contributed by atoms with Crippen molar-refractivity contribution in [1.82, 2.24) is 4.90 Å². The van der Waals surface area contributed by atoms with Gasteiger partial charge in [-0.3, -0.25) is 9.69 Å². The molecule has 7 heteroatoms. The van der Waals surface area contributed by atoms with E-state index >= 15 is 0 Å². The highest BCUT2D eigenvalue weighted by Gasteiger charge is 2.18. The Morgan fingerprint density at radius 1 is 0.805 bits per heavy atom. The van der Waals surface area contributed by atoms with Crippen LogP contribution in [-0.2, 0) is 31.1 Å². The number of nitrogens with zero attached hydrogens (tertiary/aromatic N) is 1. The van der Waals surface area contributed by atoms with Gasteiger partial charge in [0, 0.05) is 35.8 Å². The van der Waals surface area contributed by atoms with Crippen LogP contribution in [0.2, 0.25) is 5.02 Å². The molecule has 0 saturated carbocycles. The first-order chi connectivity index (χ1) is 19.8. The molecule has 41 heavy (non-hydrogen) atoms. The Balaban J connectivity index is 1.54. The Hall–Kier alpha value is -3.84. The van der Waals surface area contributed by atoms with E-state index in [1.54, 1.807) is 0 Å². The van der Waals surface area contributed by atoms with Crippen molar-refractivity contribution >= 4 is 17.6 Å². The van der Waals surface area contributed by atoms with Crippen molar-refractivity contribution in [1.29, 1.82) is 0 Å². The predicted octanol–water partition coefficient (Wildman–Crippen LogP) is 6.92. The molecule has 0 aliphatic rings. The van der Waals surface area contributed by atoms with Crippen molar-refractivity contribution in [3.63, 3.8) is 0 Å². The summed E-state index contributed by atoms with van der Waals surface area (Å²) < 4.78 is 12.5. The predicted molar refractivity (Wildman–Crippen MR) is 163 cm³/mol. The van der Waals surface area contributed by atoms with Crippen molar-refractivity contribution in [3.05, 3.63) is 129 Å². The zero-order valence-corrected chi connectivity index (χ0v) is 24.3. The molecule has 0 spiro atoms. The molecule has 3 N–H and O–H groups in total. The van der Waals surface area contributed by atoms with Crippen molar-refractivity contribution in [2.45, 2.75) is 52.6 Å². The van der Waals surface area contributed by atoms with E-state index in [1.807, 2.05) is 66.7 Å². The molecule has 0 saturated heterocycles. The molecule has 0 amide bonds. The Morgan fingerprint density at radius 2 is 1.39 bits per heavy atom. The number of halogens is 1. The summed E-state index contributed by atoms with van der Waals surface area (Å²) >= 11 is 6.35. The number of carbonyl (C=O) groups is 1. The van der Waals surface area contributed by atoms with Crippen molar-refractivity contribution in [2.75, 3.05) is 6.54 Å². The summed E-state index contributed by atoms with van der Waals surface area (Å²) in [5, 5.41) is 9.98. The van der Waals surface area contributed by atoms with Gasteiger partial charge in [0.2, 0.25) is 0 Å². The fourth-order valence-electron chi connectivity index (χ4n) is 4.64. The molecule has 0 radical (unpaired) electrons. The summed E-state index contributed by atoms with van der Waals surface area (Å²) in [5.41, 5.74) is 12.4. The van der Waals surface area contributed by atoms with Crippen LogP contribution in [0, 0.1) is 13.8 Å². The van der Waals surface area contributed by atoms with Crippen LogP contribution in [0.15, 0.2) is 91.0 Å². The molecule has 0 bridgehead atoms. The number of carboxylic acids is 1. The summed E-state index contributed by atoms with van der Waals surface area (Å²) in [6.07, 6.45) is 0.300. The third-order valence-corrected chi connectivity index (χ3v) is 7.05. The smallest absolute Gasteiger partial charge is 0.320 e. The van der Waals surface area contributed by atoms with Crippen LogP contribution in [0.1, 0.15) is 39.8 Å². The number of rotatable bonds is 14. The minimum Gasteiger partial charge on any atom is -0.489 e. The van der Waals surface area contributed by atoms with Crippen LogP contribution >= 0.6 is 11.6 Å². The molecule has 0 aromatic heterocycles. The van der Waals surface area contributed by atoms with Crippen LogP contribution in [0.3, 0.4) is 0 Å². The average Bonchev–Trinajstić information content (AvgIpc) is 2.95. The van der Waals surface area contributed by atoms with Gasteiger partial charge in [0.25, 0.3) is 0 Å².